The fourth-order valence-corrected chi connectivity index (χ4v) is 7.03. The lowest BCUT2D eigenvalue weighted by atomic mass is 9.93. The monoisotopic (exact) mass is 701 g/mol. The largest absolute Gasteiger partial charge is 0.477 e. The standard InChI is InChI=1S/C29H35ClF3N7O6S/c1-27(2)15-19(17-39(27)26(42)43)5-3-4-12-38-18-20(16-34-38)47(44,45)37-25(41)21-6-7-22(35-24(21)30)40-13-8-23(36-40)46-14-11-28(9-10-28)29(31,32)33/h6-8,13,16,18-19H,3-5,9-12,14-15,17H2,1-2H3,(H,37,41)(H,42,43). The van der Waals surface area contributed by atoms with Crippen LogP contribution in [0, 0.1) is 11.3 Å². The molecule has 2 N–H and O–H groups in total. The van der Waals surface area contributed by atoms with Gasteiger partial charge in [0.1, 0.15) is 10.0 Å². The fourth-order valence-electron chi connectivity index (χ4n) is 5.88. The van der Waals surface area contributed by atoms with Crippen molar-refractivity contribution in [2.75, 3.05) is 13.2 Å². The number of carbonyl (C=O) groups excluding carboxylic acids is 1. The number of aryl methyl sites for hydroxylation is 1. The van der Waals surface area contributed by atoms with Crippen molar-refractivity contribution in [3.8, 4) is 11.7 Å². The minimum atomic E-state index is -4.29. The molecule has 4 heterocycles. The predicted molar refractivity (Wildman–Crippen MR) is 162 cm³/mol. The number of pyridine rings is 1. The van der Waals surface area contributed by atoms with Crippen LogP contribution in [0.3, 0.4) is 0 Å². The second kappa shape index (κ2) is 13.0. The maximum absolute atomic E-state index is 13.1. The molecule has 47 heavy (non-hydrogen) atoms. The zero-order chi connectivity index (χ0) is 34.2. The van der Waals surface area contributed by atoms with Crippen LogP contribution in [0.5, 0.6) is 5.88 Å². The number of alkyl halides is 3. The number of aromatic nitrogens is 5. The average molecular weight is 702 g/mol. The molecule has 1 aliphatic heterocycles. The Kier molecular flexibility index (Phi) is 9.52. The molecule has 0 aromatic carbocycles. The number of hydrogen-bond donors (Lipinski definition) is 2. The summed E-state index contributed by atoms with van der Waals surface area (Å²) in [5.74, 6) is -0.514. The molecule has 0 spiro atoms. The van der Waals surface area contributed by atoms with Crippen LogP contribution in [0.25, 0.3) is 5.82 Å². The van der Waals surface area contributed by atoms with Gasteiger partial charge in [0.15, 0.2) is 5.82 Å². The lowest BCUT2D eigenvalue weighted by Gasteiger charge is -2.28. The van der Waals surface area contributed by atoms with Gasteiger partial charge in [-0.15, -0.1) is 5.10 Å². The highest BCUT2D eigenvalue weighted by atomic mass is 35.5. The molecule has 1 saturated heterocycles. The topological polar surface area (TPSA) is 162 Å². The number of nitrogens with one attached hydrogen (secondary N) is 1. The summed E-state index contributed by atoms with van der Waals surface area (Å²) in [4.78, 5) is 29.6. The quantitative estimate of drug-likeness (QED) is 0.178. The molecule has 2 amide bonds. The Morgan fingerprint density at radius 2 is 1.94 bits per heavy atom. The first kappa shape index (κ1) is 34.5. The zero-order valence-electron chi connectivity index (χ0n) is 25.7. The summed E-state index contributed by atoms with van der Waals surface area (Å²) in [5.41, 5.74) is -2.30. The Balaban J connectivity index is 1.11. The maximum Gasteiger partial charge on any atom is 0.407 e. The first-order chi connectivity index (χ1) is 22.0. The molecule has 5 rings (SSSR count). The normalized spacial score (nSPS) is 18.7. The number of carboxylic acid groups (broad SMARTS) is 1. The highest BCUT2D eigenvalue weighted by molar-refractivity contribution is 7.90. The van der Waals surface area contributed by atoms with E-state index in [0.29, 0.717) is 19.5 Å². The molecule has 18 heteroatoms. The van der Waals surface area contributed by atoms with E-state index in [9.17, 15) is 36.3 Å². The van der Waals surface area contributed by atoms with Crippen LogP contribution >= 0.6 is 11.6 Å². The summed E-state index contributed by atoms with van der Waals surface area (Å²) >= 11 is 6.21. The molecule has 0 radical (unpaired) electrons. The number of rotatable bonds is 13. The van der Waals surface area contributed by atoms with Crippen LogP contribution in [-0.4, -0.2) is 79.8 Å². The number of unbranched alkanes of at least 4 members (excludes halogenated alkanes) is 1. The second-order valence-electron chi connectivity index (χ2n) is 12.6. The Hall–Kier alpha value is -3.86. The van der Waals surface area contributed by atoms with Crippen molar-refractivity contribution < 1.29 is 41.0 Å². The number of halogens is 4. The highest BCUT2D eigenvalue weighted by Gasteiger charge is 2.62. The van der Waals surface area contributed by atoms with Gasteiger partial charge in [-0.2, -0.15) is 18.3 Å². The van der Waals surface area contributed by atoms with Crippen LogP contribution in [0.4, 0.5) is 18.0 Å². The van der Waals surface area contributed by atoms with Crippen molar-refractivity contribution in [3.63, 3.8) is 0 Å². The van der Waals surface area contributed by atoms with Gasteiger partial charge in [-0.05, 0) is 70.4 Å². The van der Waals surface area contributed by atoms with Crippen molar-refractivity contribution in [2.24, 2.45) is 11.3 Å². The second-order valence-corrected chi connectivity index (χ2v) is 14.7. The molecular formula is C29H35ClF3N7O6S. The van der Waals surface area contributed by atoms with E-state index in [0.717, 1.165) is 25.5 Å². The van der Waals surface area contributed by atoms with Crippen LogP contribution in [-0.2, 0) is 16.6 Å². The van der Waals surface area contributed by atoms with E-state index in [2.05, 4.69) is 15.2 Å². The van der Waals surface area contributed by atoms with E-state index in [1.807, 2.05) is 18.6 Å². The third-order valence-corrected chi connectivity index (χ3v) is 10.3. The summed E-state index contributed by atoms with van der Waals surface area (Å²) in [7, 11) is -4.29. The van der Waals surface area contributed by atoms with Gasteiger partial charge in [-0.25, -0.2) is 27.6 Å². The van der Waals surface area contributed by atoms with Crippen molar-refractivity contribution in [2.45, 2.75) is 81.9 Å². The molecule has 1 saturated carbocycles. The van der Waals surface area contributed by atoms with Crippen LogP contribution in [0.2, 0.25) is 5.15 Å². The molecule has 2 aliphatic rings. The first-order valence-corrected chi connectivity index (χ1v) is 16.9. The van der Waals surface area contributed by atoms with Gasteiger partial charge < -0.3 is 14.7 Å². The van der Waals surface area contributed by atoms with Gasteiger partial charge in [0.2, 0.25) is 5.88 Å². The zero-order valence-corrected chi connectivity index (χ0v) is 27.3. The fraction of sp³-hybridized carbons (Fsp3) is 0.552. The van der Waals surface area contributed by atoms with Gasteiger partial charge in [-0.3, -0.25) is 9.48 Å². The van der Waals surface area contributed by atoms with E-state index in [1.165, 1.54) is 44.9 Å². The van der Waals surface area contributed by atoms with Crippen LogP contribution in [0.1, 0.15) is 69.2 Å². The molecular weight excluding hydrogens is 667 g/mol. The van der Waals surface area contributed by atoms with Crippen molar-refractivity contribution in [1.29, 1.82) is 0 Å². The van der Waals surface area contributed by atoms with E-state index in [4.69, 9.17) is 16.3 Å². The molecule has 13 nitrogen and oxygen atoms in total. The third kappa shape index (κ3) is 7.83. The Morgan fingerprint density at radius 1 is 1.19 bits per heavy atom. The number of ether oxygens (including phenoxy) is 1. The minimum Gasteiger partial charge on any atom is -0.477 e. The molecule has 3 aromatic rings. The number of sulfonamides is 1. The Bertz CT molecular complexity index is 1740. The van der Waals surface area contributed by atoms with E-state index < -0.39 is 39.2 Å². The van der Waals surface area contributed by atoms with Crippen molar-refractivity contribution in [1.82, 2.24) is 34.2 Å². The molecule has 3 aromatic heterocycles. The van der Waals surface area contributed by atoms with E-state index in [-0.39, 0.29) is 59.1 Å². The van der Waals surface area contributed by atoms with E-state index >= 15 is 0 Å². The van der Waals surface area contributed by atoms with E-state index in [1.54, 1.807) is 0 Å². The molecule has 256 valence electrons. The number of nitrogens with zero attached hydrogens (tertiary/aromatic N) is 6. The van der Waals surface area contributed by atoms with Gasteiger partial charge in [-0.1, -0.05) is 18.0 Å². The summed E-state index contributed by atoms with van der Waals surface area (Å²) in [6.07, 6.45) is 1.84. The summed E-state index contributed by atoms with van der Waals surface area (Å²) < 4.78 is 75.2. The molecule has 0 bridgehead atoms. The average Bonchev–Trinajstić information content (AvgIpc) is 3.28. The number of hydrogen-bond acceptors (Lipinski definition) is 8. The summed E-state index contributed by atoms with van der Waals surface area (Å²) in [6, 6.07) is 4.08. The number of amides is 2. The molecule has 2 fully saturated rings. The smallest absolute Gasteiger partial charge is 0.407 e. The Labute approximate surface area is 274 Å². The minimum absolute atomic E-state index is 0.0827. The number of carbonyl (C=O) groups is 2. The van der Waals surface area contributed by atoms with Gasteiger partial charge in [0.25, 0.3) is 15.9 Å². The van der Waals surface area contributed by atoms with Crippen LogP contribution in [0.15, 0.2) is 41.7 Å². The van der Waals surface area contributed by atoms with Gasteiger partial charge in [0, 0.05) is 37.1 Å². The lowest BCUT2D eigenvalue weighted by Crippen LogP contribution is -2.41. The Morgan fingerprint density at radius 3 is 2.57 bits per heavy atom. The number of likely N-dealkylation sites (tertiary alicyclic amines) is 1. The van der Waals surface area contributed by atoms with Gasteiger partial charge >= 0.3 is 12.3 Å². The highest BCUT2D eigenvalue weighted by Crippen LogP contribution is 2.59. The van der Waals surface area contributed by atoms with Crippen LogP contribution < -0.4 is 9.46 Å². The molecule has 1 unspecified atom stereocenters. The lowest BCUT2D eigenvalue weighted by molar-refractivity contribution is -0.190. The van der Waals surface area contributed by atoms with Crippen molar-refractivity contribution >= 4 is 33.6 Å². The molecule has 1 aliphatic carbocycles. The SMILES string of the molecule is CC1(C)CC(CCCCn2cc(S(=O)(=O)NC(=O)c3ccc(-n4ccc(OCCC5(C(F)(F)F)CC5)n4)nc3Cl)cn2)CN1C(=O)O. The summed E-state index contributed by atoms with van der Waals surface area (Å²) in [5, 5.41) is 17.3. The first-order valence-electron chi connectivity index (χ1n) is 15.0. The predicted octanol–water partition coefficient (Wildman–Crippen LogP) is 5.30. The summed E-state index contributed by atoms with van der Waals surface area (Å²) in [6.45, 7) is 4.60. The van der Waals surface area contributed by atoms with Gasteiger partial charge in [0.05, 0.1) is 23.8 Å². The van der Waals surface area contributed by atoms with Crippen molar-refractivity contribution in [3.05, 3.63) is 47.5 Å². The third-order valence-electron chi connectivity index (χ3n) is 8.75. The molecule has 1 atom stereocenters. The maximum atomic E-state index is 13.1.